The highest BCUT2D eigenvalue weighted by Gasteiger charge is 2.17. The van der Waals surface area contributed by atoms with Crippen molar-refractivity contribution in [3.8, 4) is 5.75 Å². The average molecular weight is 299 g/mol. The minimum absolute atomic E-state index is 0.218. The fourth-order valence-corrected chi connectivity index (χ4v) is 2.12. The van der Waals surface area contributed by atoms with Crippen LogP contribution < -0.4 is 15.0 Å². The van der Waals surface area contributed by atoms with E-state index in [0.717, 1.165) is 24.5 Å². The predicted molar refractivity (Wildman–Crippen MR) is 80.0 cm³/mol. The number of morpholine rings is 1. The van der Waals surface area contributed by atoms with Gasteiger partial charge in [0.05, 0.1) is 26.0 Å². The van der Waals surface area contributed by atoms with Gasteiger partial charge in [-0.3, -0.25) is 4.79 Å². The summed E-state index contributed by atoms with van der Waals surface area (Å²) in [7, 11) is 1.64. The van der Waals surface area contributed by atoms with Gasteiger partial charge in [-0.25, -0.2) is 0 Å². The lowest BCUT2D eigenvalue weighted by Gasteiger charge is -2.30. The molecule has 1 N–H and O–H groups in total. The standard InChI is InChI=1S/C14H19ClN2O3/c1-10(15)14(18)16-11-3-4-13(19-2)12(9-11)17-5-7-20-8-6-17/h3-4,9-10H,5-8H2,1-2H3,(H,16,18)/t10-/m0/s1. The number of ether oxygens (including phenoxy) is 2. The number of hydrogen-bond acceptors (Lipinski definition) is 4. The Kier molecular flexibility index (Phi) is 5.09. The SMILES string of the molecule is COc1ccc(NC(=O)[C@H](C)Cl)cc1N1CCOCC1. The van der Waals surface area contributed by atoms with Gasteiger partial charge in [0, 0.05) is 18.8 Å². The number of nitrogens with zero attached hydrogens (tertiary/aromatic N) is 1. The number of carbonyl (C=O) groups excluding carboxylic acids is 1. The van der Waals surface area contributed by atoms with Gasteiger partial charge in [-0.1, -0.05) is 0 Å². The predicted octanol–water partition coefficient (Wildman–Crippen LogP) is 2.10. The number of benzene rings is 1. The van der Waals surface area contributed by atoms with Crippen molar-refractivity contribution in [2.24, 2.45) is 0 Å². The molecule has 0 aliphatic carbocycles. The maximum atomic E-state index is 11.6. The highest BCUT2D eigenvalue weighted by atomic mass is 35.5. The van der Waals surface area contributed by atoms with E-state index in [1.807, 2.05) is 12.1 Å². The number of amides is 1. The van der Waals surface area contributed by atoms with E-state index in [2.05, 4.69) is 10.2 Å². The van der Waals surface area contributed by atoms with E-state index in [-0.39, 0.29) is 5.91 Å². The first-order valence-corrected chi connectivity index (χ1v) is 7.01. The monoisotopic (exact) mass is 298 g/mol. The van der Waals surface area contributed by atoms with Crippen LogP contribution in [0.4, 0.5) is 11.4 Å². The molecule has 0 radical (unpaired) electrons. The molecule has 2 rings (SSSR count). The van der Waals surface area contributed by atoms with Crippen LogP contribution in [0.3, 0.4) is 0 Å². The zero-order valence-corrected chi connectivity index (χ0v) is 12.4. The van der Waals surface area contributed by atoms with Crippen LogP contribution in [0.1, 0.15) is 6.92 Å². The molecule has 1 aliphatic rings. The molecule has 5 nitrogen and oxygen atoms in total. The van der Waals surface area contributed by atoms with E-state index >= 15 is 0 Å². The van der Waals surface area contributed by atoms with Gasteiger partial charge in [0.25, 0.3) is 0 Å². The van der Waals surface area contributed by atoms with Crippen molar-refractivity contribution in [3.63, 3.8) is 0 Å². The van der Waals surface area contributed by atoms with Crippen LogP contribution in [-0.2, 0) is 9.53 Å². The molecule has 1 aromatic carbocycles. The molecule has 1 saturated heterocycles. The van der Waals surface area contributed by atoms with Crippen molar-refractivity contribution in [1.82, 2.24) is 0 Å². The maximum absolute atomic E-state index is 11.6. The van der Waals surface area contributed by atoms with Gasteiger partial charge >= 0.3 is 0 Å². The molecule has 1 aromatic rings. The summed E-state index contributed by atoms with van der Waals surface area (Å²) in [4.78, 5) is 13.8. The van der Waals surface area contributed by atoms with Crippen LogP contribution in [0.15, 0.2) is 18.2 Å². The summed E-state index contributed by atoms with van der Waals surface area (Å²) in [5, 5.41) is 2.22. The molecule has 6 heteroatoms. The summed E-state index contributed by atoms with van der Waals surface area (Å²) in [6, 6.07) is 5.56. The second kappa shape index (κ2) is 6.81. The third-order valence-corrected chi connectivity index (χ3v) is 3.36. The highest BCUT2D eigenvalue weighted by Crippen LogP contribution is 2.32. The zero-order valence-electron chi connectivity index (χ0n) is 11.7. The van der Waals surface area contributed by atoms with Gasteiger partial charge in [-0.2, -0.15) is 0 Å². The molecule has 0 unspecified atom stereocenters. The molecule has 0 aromatic heterocycles. The quantitative estimate of drug-likeness (QED) is 0.865. The average Bonchev–Trinajstić information content (AvgIpc) is 2.48. The molecule has 1 fully saturated rings. The molecule has 1 atom stereocenters. The Balaban J connectivity index is 2.21. The number of rotatable bonds is 4. The van der Waals surface area contributed by atoms with Gasteiger partial charge in [-0.15, -0.1) is 11.6 Å². The number of anilines is 2. The smallest absolute Gasteiger partial charge is 0.242 e. The van der Waals surface area contributed by atoms with E-state index in [4.69, 9.17) is 21.1 Å². The summed E-state index contributed by atoms with van der Waals surface area (Å²) in [5.41, 5.74) is 1.67. The summed E-state index contributed by atoms with van der Waals surface area (Å²) >= 11 is 5.76. The molecule has 1 aliphatic heterocycles. The van der Waals surface area contributed by atoms with Crippen molar-refractivity contribution in [1.29, 1.82) is 0 Å². The molecular formula is C14H19ClN2O3. The van der Waals surface area contributed by atoms with E-state index in [0.29, 0.717) is 18.9 Å². The molecule has 1 amide bonds. The van der Waals surface area contributed by atoms with Crippen molar-refractivity contribution < 1.29 is 14.3 Å². The number of halogens is 1. The Bertz CT molecular complexity index is 473. The largest absolute Gasteiger partial charge is 0.495 e. The third-order valence-electron chi connectivity index (χ3n) is 3.16. The fraction of sp³-hybridized carbons (Fsp3) is 0.500. The topological polar surface area (TPSA) is 50.8 Å². The van der Waals surface area contributed by atoms with Crippen molar-refractivity contribution in [2.45, 2.75) is 12.3 Å². The number of hydrogen-bond donors (Lipinski definition) is 1. The molecule has 110 valence electrons. The van der Waals surface area contributed by atoms with Crippen molar-refractivity contribution in [3.05, 3.63) is 18.2 Å². The first kappa shape index (κ1) is 14.9. The van der Waals surface area contributed by atoms with Crippen molar-refractivity contribution >= 4 is 28.9 Å². The number of nitrogens with one attached hydrogen (secondary N) is 1. The van der Waals surface area contributed by atoms with Crippen LogP contribution in [-0.4, -0.2) is 44.7 Å². The van der Waals surface area contributed by atoms with Crippen LogP contribution in [0.25, 0.3) is 0 Å². The van der Waals surface area contributed by atoms with Crippen LogP contribution >= 0.6 is 11.6 Å². The number of methoxy groups -OCH3 is 1. The lowest BCUT2D eigenvalue weighted by atomic mass is 10.2. The lowest BCUT2D eigenvalue weighted by Crippen LogP contribution is -2.36. The van der Waals surface area contributed by atoms with Gasteiger partial charge in [0.2, 0.25) is 5.91 Å². The minimum Gasteiger partial charge on any atom is -0.495 e. The Morgan fingerprint density at radius 3 is 2.75 bits per heavy atom. The van der Waals surface area contributed by atoms with Crippen LogP contribution in [0.2, 0.25) is 0 Å². The van der Waals surface area contributed by atoms with Crippen LogP contribution in [0.5, 0.6) is 5.75 Å². The summed E-state index contributed by atoms with van der Waals surface area (Å²) in [6.45, 7) is 4.64. The zero-order chi connectivity index (χ0) is 14.5. The first-order valence-electron chi connectivity index (χ1n) is 6.57. The highest BCUT2D eigenvalue weighted by molar-refractivity contribution is 6.32. The van der Waals surface area contributed by atoms with Gasteiger partial charge < -0.3 is 19.7 Å². The van der Waals surface area contributed by atoms with E-state index in [1.165, 1.54) is 0 Å². The molecule has 1 heterocycles. The second-order valence-electron chi connectivity index (χ2n) is 4.59. The lowest BCUT2D eigenvalue weighted by molar-refractivity contribution is -0.115. The number of alkyl halides is 1. The van der Waals surface area contributed by atoms with E-state index < -0.39 is 5.38 Å². The normalized spacial score (nSPS) is 16.6. The molecule has 0 bridgehead atoms. The molecule has 0 saturated carbocycles. The Morgan fingerprint density at radius 2 is 2.15 bits per heavy atom. The second-order valence-corrected chi connectivity index (χ2v) is 5.25. The summed E-state index contributed by atoms with van der Waals surface area (Å²) < 4.78 is 10.7. The van der Waals surface area contributed by atoms with Gasteiger partial charge in [-0.05, 0) is 25.1 Å². The maximum Gasteiger partial charge on any atom is 0.242 e. The Morgan fingerprint density at radius 1 is 1.45 bits per heavy atom. The Labute approximate surface area is 123 Å². The third kappa shape index (κ3) is 3.55. The summed E-state index contributed by atoms with van der Waals surface area (Å²) in [6.07, 6.45) is 0. The van der Waals surface area contributed by atoms with Crippen molar-refractivity contribution in [2.75, 3.05) is 43.6 Å². The molecular weight excluding hydrogens is 280 g/mol. The Hall–Kier alpha value is -1.46. The van der Waals surface area contributed by atoms with Crippen LogP contribution in [0, 0.1) is 0 Å². The molecule has 20 heavy (non-hydrogen) atoms. The van der Waals surface area contributed by atoms with E-state index in [9.17, 15) is 4.79 Å². The van der Waals surface area contributed by atoms with Gasteiger partial charge in [0.1, 0.15) is 11.1 Å². The van der Waals surface area contributed by atoms with E-state index in [1.54, 1.807) is 20.1 Å². The minimum atomic E-state index is -0.566. The fourth-order valence-electron chi connectivity index (χ4n) is 2.06. The summed E-state index contributed by atoms with van der Waals surface area (Å²) in [5.74, 6) is 0.564. The number of carbonyl (C=O) groups is 1. The van der Waals surface area contributed by atoms with Gasteiger partial charge in [0.15, 0.2) is 0 Å². The first-order chi connectivity index (χ1) is 9.61. The molecule has 0 spiro atoms.